The summed E-state index contributed by atoms with van der Waals surface area (Å²) in [4.78, 5) is 0. The number of rotatable bonds is 10. The average molecular weight is 266 g/mol. The van der Waals surface area contributed by atoms with Crippen molar-refractivity contribution in [3.63, 3.8) is 0 Å². The standard InChI is InChI=1S/C15H22O4/c1-2-12(1)9-16-7-5-13-3-4-14(19-13)6-8-17-10-15-11-18-15/h3-4,12,15H,1-2,5-11H2. The topological polar surface area (TPSA) is 44.1 Å². The quantitative estimate of drug-likeness (QED) is 0.481. The zero-order valence-electron chi connectivity index (χ0n) is 11.3. The van der Waals surface area contributed by atoms with E-state index in [2.05, 4.69) is 0 Å². The Labute approximate surface area is 114 Å². The Morgan fingerprint density at radius 2 is 1.63 bits per heavy atom. The van der Waals surface area contributed by atoms with Crippen LogP contribution < -0.4 is 0 Å². The summed E-state index contributed by atoms with van der Waals surface area (Å²) >= 11 is 0. The van der Waals surface area contributed by atoms with Crippen molar-refractivity contribution < 1.29 is 18.6 Å². The second-order valence-corrected chi connectivity index (χ2v) is 5.42. The van der Waals surface area contributed by atoms with Gasteiger partial charge in [-0.2, -0.15) is 0 Å². The molecular weight excluding hydrogens is 244 g/mol. The first kappa shape index (κ1) is 13.2. The molecule has 2 heterocycles. The highest BCUT2D eigenvalue weighted by Crippen LogP contribution is 2.28. The zero-order valence-corrected chi connectivity index (χ0v) is 11.3. The van der Waals surface area contributed by atoms with E-state index in [-0.39, 0.29) is 0 Å². The highest BCUT2D eigenvalue weighted by Gasteiger charge is 2.22. The molecule has 1 aliphatic heterocycles. The zero-order chi connectivity index (χ0) is 12.9. The highest BCUT2D eigenvalue weighted by molar-refractivity contribution is 5.07. The Kier molecular flexibility index (Phi) is 4.53. The first-order valence-electron chi connectivity index (χ1n) is 7.25. The van der Waals surface area contributed by atoms with Crippen LogP contribution in [0.15, 0.2) is 16.5 Å². The molecule has 19 heavy (non-hydrogen) atoms. The molecule has 1 aliphatic carbocycles. The smallest absolute Gasteiger partial charge is 0.106 e. The van der Waals surface area contributed by atoms with Crippen LogP contribution in [0.1, 0.15) is 24.4 Å². The van der Waals surface area contributed by atoms with Gasteiger partial charge in [-0.15, -0.1) is 0 Å². The molecule has 1 atom stereocenters. The van der Waals surface area contributed by atoms with Crippen molar-refractivity contribution in [2.24, 2.45) is 5.92 Å². The van der Waals surface area contributed by atoms with Crippen molar-refractivity contribution in [1.29, 1.82) is 0 Å². The first-order chi connectivity index (χ1) is 9.40. The van der Waals surface area contributed by atoms with E-state index in [0.717, 1.165) is 50.1 Å². The van der Waals surface area contributed by atoms with Crippen molar-refractivity contribution in [3.8, 4) is 0 Å². The van der Waals surface area contributed by atoms with E-state index in [4.69, 9.17) is 18.6 Å². The molecule has 0 radical (unpaired) electrons. The number of epoxide rings is 1. The van der Waals surface area contributed by atoms with Crippen LogP contribution in [-0.4, -0.2) is 39.1 Å². The van der Waals surface area contributed by atoms with Gasteiger partial charge in [-0.3, -0.25) is 0 Å². The predicted molar refractivity (Wildman–Crippen MR) is 70.2 cm³/mol. The van der Waals surface area contributed by atoms with E-state index < -0.39 is 0 Å². The van der Waals surface area contributed by atoms with Gasteiger partial charge >= 0.3 is 0 Å². The van der Waals surface area contributed by atoms with Crippen molar-refractivity contribution in [2.75, 3.05) is 33.0 Å². The van der Waals surface area contributed by atoms with Gasteiger partial charge in [0.25, 0.3) is 0 Å². The third kappa shape index (κ3) is 4.97. The lowest BCUT2D eigenvalue weighted by Gasteiger charge is -2.01. The molecule has 4 nitrogen and oxygen atoms in total. The molecule has 0 N–H and O–H groups in total. The minimum absolute atomic E-state index is 0.343. The lowest BCUT2D eigenvalue weighted by atomic mass is 10.3. The predicted octanol–water partition coefficient (Wildman–Crippen LogP) is 2.21. The third-order valence-electron chi connectivity index (χ3n) is 3.46. The summed E-state index contributed by atoms with van der Waals surface area (Å²) in [5, 5.41) is 0. The Morgan fingerprint density at radius 1 is 1.00 bits per heavy atom. The molecule has 1 unspecified atom stereocenters. The van der Waals surface area contributed by atoms with E-state index >= 15 is 0 Å². The third-order valence-corrected chi connectivity index (χ3v) is 3.46. The van der Waals surface area contributed by atoms with Crippen LogP contribution >= 0.6 is 0 Å². The Bertz CT molecular complexity index is 345. The van der Waals surface area contributed by atoms with Gasteiger partial charge in [0.15, 0.2) is 0 Å². The maximum atomic E-state index is 5.74. The number of furan rings is 1. The van der Waals surface area contributed by atoms with Gasteiger partial charge in [-0.05, 0) is 30.9 Å². The maximum Gasteiger partial charge on any atom is 0.106 e. The van der Waals surface area contributed by atoms with E-state index in [1.165, 1.54) is 12.8 Å². The van der Waals surface area contributed by atoms with Crippen molar-refractivity contribution in [2.45, 2.75) is 31.8 Å². The summed E-state index contributed by atoms with van der Waals surface area (Å²) in [7, 11) is 0. The van der Waals surface area contributed by atoms with Crippen molar-refractivity contribution in [1.82, 2.24) is 0 Å². The minimum atomic E-state index is 0.343. The second kappa shape index (κ2) is 6.55. The molecule has 2 aliphatic rings. The molecule has 106 valence electrons. The molecule has 0 aromatic carbocycles. The summed E-state index contributed by atoms with van der Waals surface area (Å²) in [5.74, 6) is 2.84. The molecule has 1 saturated carbocycles. The van der Waals surface area contributed by atoms with Crippen molar-refractivity contribution in [3.05, 3.63) is 23.7 Å². The fourth-order valence-electron chi connectivity index (χ4n) is 1.95. The molecule has 0 spiro atoms. The number of ether oxygens (including phenoxy) is 3. The normalized spacial score (nSPS) is 21.8. The Morgan fingerprint density at radius 3 is 2.21 bits per heavy atom. The molecule has 2 fully saturated rings. The number of hydrogen-bond donors (Lipinski definition) is 0. The lowest BCUT2D eigenvalue weighted by molar-refractivity contribution is 0.114. The van der Waals surface area contributed by atoms with Gasteiger partial charge < -0.3 is 18.6 Å². The monoisotopic (exact) mass is 266 g/mol. The fraction of sp³-hybridized carbons (Fsp3) is 0.733. The first-order valence-corrected chi connectivity index (χ1v) is 7.25. The minimum Gasteiger partial charge on any atom is -0.466 e. The van der Waals surface area contributed by atoms with Crippen LogP contribution in [0.5, 0.6) is 0 Å². The van der Waals surface area contributed by atoms with Gasteiger partial charge in [0.1, 0.15) is 17.6 Å². The van der Waals surface area contributed by atoms with Crippen LogP contribution in [-0.2, 0) is 27.1 Å². The number of hydrogen-bond acceptors (Lipinski definition) is 4. The summed E-state index contributed by atoms with van der Waals surface area (Å²) in [6, 6.07) is 4.08. The molecular formula is C15H22O4. The van der Waals surface area contributed by atoms with Crippen LogP contribution in [0.4, 0.5) is 0 Å². The highest BCUT2D eigenvalue weighted by atomic mass is 16.6. The van der Waals surface area contributed by atoms with E-state index in [0.29, 0.717) is 19.3 Å². The van der Waals surface area contributed by atoms with Crippen LogP contribution in [0.2, 0.25) is 0 Å². The van der Waals surface area contributed by atoms with E-state index in [9.17, 15) is 0 Å². The van der Waals surface area contributed by atoms with Crippen LogP contribution in [0, 0.1) is 5.92 Å². The molecule has 1 aromatic heterocycles. The van der Waals surface area contributed by atoms with Gasteiger partial charge in [0, 0.05) is 19.4 Å². The molecule has 4 heteroatoms. The molecule has 0 amide bonds. The summed E-state index contributed by atoms with van der Waals surface area (Å²) in [5.41, 5.74) is 0. The molecule has 3 rings (SSSR count). The summed E-state index contributed by atoms with van der Waals surface area (Å²) in [6.07, 6.45) is 4.72. The van der Waals surface area contributed by atoms with Gasteiger partial charge in [0.05, 0.1) is 26.4 Å². The van der Waals surface area contributed by atoms with Gasteiger partial charge in [0.2, 0.25) is 0 Å². The average Bonchev–Trinajstić information content (AvgIpc) is 3.32. The second-order valence-electron chi connectivity index (χ2n) is 5.42. The molecule has 0 bridgehead atoms. The summed E-state index contributed by atoms with van der Waals surface area (Å²) < 4.78 is 21.9. The molecule has 1 saturated heterocycles. The summed E-state index contributed by atoms with van der Waals surface area (Å²) in [6.45, 7) is 3.95. The van der Waals surface area contributed by atoms with E-state index in [1.807, 2.05) is 12.1 Å². The maximum absolute atomic E-state index is 5.74. The van der Waals surface area contributed by atoms with Crippen LogP contribution in [0.25, 0.3) is 0 Å². The SMILES string of the molecule is c1cc(CCOCC2CO2)oc1CCOCC1CC1. The van der Waals surface area contributed by atoms with Crippen molar-refractivity contribution >= 4 is 0 Å². The van der Waals surface area contributed by atoms with E-state index in [1.54, 1.807) is 0 Å². The van der Waals surface area contributed by atoms with Gasteiger partial charge in [-0.1, -0.05) is 0 Å². The lowest BCUT2D eigenvalue weighted by Crippen LogP contribution is -2.04. The molecule has 1 aromatic rings. The van der Waals surface area contributed by atoms with Crippen LogP contribution in [0.3, 0.4) is 0 Å². The van der Waals surface area contributed by atoms with Gasteiger partial charge in [-0.25, -0.2) is 0 Å². The Balaban J connectivity index is 1.26. The largest absolute Gasteiger partial charge is 0.466 e. The Hall–Kier alpha value is -0.840. The fourth-order valence-corrected chi connectivity index (χ4v) is 1.95.